The van der Waals surface area contributed by atoms with Gasteiger partial charge in [0.25, 0.3) is 11.8 Å². The van der Waals surface area contributed by atoms with Gasteiger partial charge in [0.15, 0.2) is 0 Å². The molecule has 2 unspecified atom stereocenters. The highest BCUT2D eigenvalue weighted by molar-refractivity contribution is 6.39. The van der Waals surface area contributed by atoms with Crippen LogP contribution < -0.4 is 0 Å². The van der Waals surface area contributed by atoms with Gasteiger partial charge in [0, 0.05) is 12.1 Å². The summed E-state index contributed by atoms with van der Waals surface area (Å²) in [5, 5.41) is 9.39. The zero-order valence-corrected chi connectivity index (χ0v) is 12.2. The predicted molar refractivity (Wildman–Crippen MR) is 73.9 cm³/mol. The molecule has 0 aromatic heterocycles. The van der Waals surface area contributed by atoms with Gasteiger partial charge in [-0.1, -0.05) is 20.4 Å². The molecule has 0 spiro atoms. The van der Waals surface area contributed by atoms with E-state index in [0.717, 1.165) is 4.90 Å². The van der Waals surface area contributed by atoms with Gasteiger partial charge in [-0.05, 0) is 19.3 Å². The van der Waals surface area contributed by atoms with Crippen molar-refractivity contribution in [1.82, 2.24) is 4.90 Å². The number of hydrogen-bond donors (Lipinski definition) is 1. The van der Waals surface area contributed by atoms with Gasteiger partial charge in [0.2, 0.25) is 0 Å². The lowest BCUT2D eigenvalue weighted by Gasteiger charge is -2.42. The van der Waals surface area contributed by atoms with Crippen molar-refractivity contribution in [1.29, 1.82) is 0 Å². The van der Waals surface area contributed by atoms with E-state index in [4.69, 9.17) is 0 Å². The zero-order chi connectivity index (χ0) is 15.5. The van der Waals surface area contributed by atoms with E-state index in [9.17, 15) is 18.7 Å². The molecule has 1 amide bonds. The van der Waals surface area contributed by atoms with Crippen LogP contribution in [0.1, 0.15) is 33.6 Å². The van der Waals surface area contributed by atoms with Crippen molar-refractivity contribution in [3.8, 4) is 0 Å². The van der Waals surface area contributed by atoms with Gasteiger partial charge in [-0.2, -0.15) is 0 Å². The van der Waals surface area contributed by atoms with E-state index in [-0.39, 0.29) is 18.7 Å². The highest BCUT2D eigenvalue weighted by atomic mass is 19.3. The van der Waals surface area contributed by atoms with E-state index in [1.807, 2.05) is 0 Å². The lowest BCUT2D eigenvalue weighted by molar-refractivity contribution is -0.149. The molecule has 114 valence electrons. The largest absolute Gasteiger partial charge is 0.394 e. The summed E-state index contributed by atoms with van der Waals surface area (Å²) in [7, 11) is 0. The van der Waals surface area contributed by atoms with Crippen molar-refractivity contribution < 1.29 is 18.7 Å². The summed E-state index contributed by atoms with van der Waals surface area (Å²) in [6.07, 6.45) is 0.0153. The second-order valence-corrected chi connectivity index (χ2v) is 5.37. The molecule has 2 atom stereocenters. The SMILES string of the molecule is C=C(C)/N=C(\CC)C(=O)N1CC(F)(F)CC(C)C1CO. The molecular formula is C14H22F2N2O2. The fourth-order valence-corrected chi connectivity index (χ4v) is 2.52. The first-order chi connectivity index (χ1) is 9.21. The number of aliphatic imine (C=N–C) groups is 1. The van der Waals surface area contributed by atoms with Crippen LogP contribution in [0.3, 0.4) is 0 Å². The third-order valence-corrected chi connectivity index (χ3v) is 3.43. The van der Waals surface area contributed by atoms with Crippen LogP contribution in [0, 0.1) is 5.92 Å². The fraction of sp³-hybridized carbons (Fsp3) is 0.714. The second kappa shape index (κ2) is 6.43. The molecule has 4 nitrogen and oxygen atoms in total. The van der Waals surface area contributed by atoms with Crippen molar-refractivity contribution >= 4 is 11.6 Å². The van der Waals surface area contributed by atoms with Crippen molar-refractivity contribution in [2.24, 2.45) is 10.9 Å². The summed E-state index contributed by atoms with van der Waals surface area (Å²) in [5.74, 6) is -3.93. The molecule has 0 aromatic carbocycles. The molecule has 1 heterocycles. The van der Waals surface area contributed by atoms with Crippen LogP contribution in [0.5, 0.6) is 0 Å². The summed E-state index contributed by atoms with van der Waals surface area (Å²) in [5.41, 5.74) is 0.647. The first kappa shape index (κ1) is 16.8. The maximum absolute atomic E-state index is 13.7. The minimum absolute atomic E-state index is 0.195. The monoisotopic (exact) mass is 288 g/mol. The van der Waals surface area contributed by atoms with Crippen molar-refractivity contribution in [2.45, 2.75) is 45.6 Å². The summed E-state index contributed by atoms with van der Waals surface area (Å²) in [6, 6.07) is -0.594. The molecule has 1 fully saturated rings. The molecule has 20 heavy (non-hydrogen) atoms. The molecule has 1 aliphatic heterocycles. The Balaban J connectivity index is 3.06. The second-order valence-electron chi connectivity index (χ2n) is 5.37. The van der Waals surface area contributed by atoms with Gasteiger partial charge >= 0.3 is 0 Å². The van der Waals surface area contributed by atoms with Crippen LogP contribution >= 0.6 is 0 Å². The summed E-state index contributed by atoms with van der Waals surface area (Å²) in [6.45, 7) is 7.60. The molecule has 0 radical (unpaired) electrons. The van der Waals surface area contributed by atoms with Crippen LogP contribution in [-0.4, -0.2) is 46.7 Å². The van der Waals surface area contributed by atoms with E-state index < -0.39 is 30.3 Å². The van der Waals surface area contributed by atoms with Crippen molar-refractivity contribution in [3.05, 3.63) is 12.3 Å². The fourth-order valence-electron chi connectivity index (χ4n) is 2.52. The standard InChI is InChI=1S/C14H22F2N2O2/c1-5-11(17-9(2)3)13(20)18-8-14(15,16)6-10(4)12(18)7-19/h10,12,19H,2,5-8H2,1,3-4H3/b17-11+. The quantitative estimate of drug-likeness (QED) is 0.807. The van der Waals surface area contributed by atoms with Crippen LogP contribution in [-0.2, 0) is 4.79 Å². The van der Waals surface area contributed by atoms with Gasteiger partial charge in [-0.15, -0.1) is 0 Å². The van der Waals surface area contributed by atoms with Gasteiger partial charge in [-0.3, -0.25) is 9.79 Å². The Morgan fingerprint density at radius 2 is 2.15 bits per heavy atom. The van der Waals surface area contributed by atoms with Gasteiger partial charge in [0.1, 0.15) is 5.71 Å². The van der Waals surface area contributed by atoms with Crippen LogP contribution in [0.4, 0.5) is 8.78 Å². The summed E-state index contributed by atoms with van der Waals surface area (Å²) < 4.78 is 27.3. The normalized spacial score (nSPS) is 26.5. The number of aliphatic hydroxyl groups excluding tert-OH is 1. The Bertz CT molecular complexity index is 421. The summed E-state index contributed by atoms with van der Waals surface area (Å²) >= 11 is 0. The maximum atomic E-state index is 13.7. The first-order valence-corrected chi connectivity index (χ1v) is 6.74. The van der Waals surface area contributed by atoms with Gasteiger partial charge in [0.05, 0.1) is 19.2 Å². The summed E-state index contributed by atoms with van der Waals surface area (Å²) in [4.78, 5) is 17.4. The number of nitrogens with zero attached hydrogens (tertiary/aromatic N) is 2. The van der Waals surface area contributed by atoms with E-state index >= 15 is 0 Å². The number of aliphatic hydroxyl groups is 1. The smallest absolute Gasteiger partial charge is 0.268 e. The number of piperidine rings is 1. The minimum Gasteiger partial charge on any atom is -0.394 e. The van der Waals surface area contributed by atoms with E-state index in [0.29, 0.717) is 12.1 Å². The number of carbonyl (C=O) groups excluding carboxylic acids is 1. The maximum Gasteiger partial charge on any atom is 0.268 e. The number of likely N-dealkylation sites (tertiary alicyclic amines) is 1. The molecule has 1 rings (SSSR count). The van der Waals surface area contributed by atoms with E-state index in [2.05, 4.69) is 11.6 Å². The zero-order valence-electron chi connectivity index (χ0n) is 12.2. The Labute approximate surface area is 118 Å². The number of amides is 1. The van der Waals surface area contributed by atoms with Crippen LogP contribution in [0.2, 0.25) is 0 Å². The highest BCUT2D eigenvalue weighted by Crippen LogP contribution is 2.34. The average molecular weight is 288 g/mol. The number of alkyl halides is 2. The number of rotatable bonds is 4. The minimum atomic E-state index is -2.93. The predicted octanol–water partition coefficient (Wildman–Crippen LogP) is 2.24. The Kier molecular flexibility index (Phi) is 5.39. The first-order valence-electron chi connectivity index (χ1n) is 6.74. The Hall–Kier alpha value is -1.30. The number of hydrogen-bond acceptors (Lipinski definition) is 3. The molecule has 0 aliphatic carbocycles. The number of allylic oxidation sites excluding steroid dienone is 1. The van der Waals surface area contributed by atoms with E-state index in [1.54, 1.807) is 20.8 Å². The van der Waals surface area contributed by atoms with Crippen molar-refractivity contribution in [2.75, 3.05) is 13.2 Å². The van der Waals surface area contributed by atoms with Gasteiger partial charge in [-0.25, -0.2) is 8.78 Å². The third-order valence-electron chi connectivity index (χ3n) is 3.43. The molecule has 1 saturated heterocycles. The average Bonchev–Trinajstić information content (AvgIpc) is 2.33. The Morgan fingerprint density at radius 3 is 2.60 bits per heavy atom. The lowest BCUT2D eigenvalue weighted by Crippen LogP contribution is -2.58. The van der Waals surface area contributed by atoms with Crippen LogP contribution in [0.15, 0.2) is 17.3 Å². The molecule has 1 aliphatic rings. The Morgan fingerprint density at radius 1 is 1.55 bits per heavy atom. The van der Waals surface area contributed by atoms with Crippen molar-refractivity contribution in [3.63, 3.8) is 0 Å². The molecule has 0 saturated carbocycles. The lowest BCUT2D eigenvalue weighted by atomic mass is 9.88. The number of carbonyl (C=O) groups is 1. The van der Waals surface area contributed by atoms with E-state index in [1.165, 1.54) is 0 Å². The molecule has 0 aromatic rings. The van der Waals surface area contributed by atoms with Crippen LogP contribution in [0.25, 0.3) is 0 Å². The number of halogens is 2. The highest BCUT2D eigenvalue weighted by Gasteiger charge is 2.46. The molecular weight excluding hydrogens is 266 g/mol. The molecule has 6 heteroatoms. The topological polar surface area (TPSA) is 52.9 Å². The molecule has 1 N–H and O–H groups in total. The third kappa shape index (κ3) is 3.85. The van der Waals surface area contributed by atoms with Gasteiger partial charge < -0.3 is 10.0 Å². The molecule has 0 bridgehead atoms.